The number of hydrogen-bond donors (Lipinski definition) is 0. The Morgan fingerprint density at radius 3 is 2.86 bits per heavy atom. The molecule has 0 aliphatic carbocycles. The number of nitrogens with zero attached hydrogens (tertiary/aromatic N) is 2. The second-order valence-electron chi connectivity index (χ2n) is 5.79. The number of amides is 1. The summed E-state index contributed by atoms with van der Waals surface area (Å²) in [6, 6.07) is 8.08. The number of rotatable bonds is 2. The van der Waals surface area contributed by atoms with Gasteiger partial charge in [0.05, 0.1) is 5.69 Å². The zero-order chi connectivity index (χ0) is 15.0. The summed E-state index contributed by atoms with van der Waals surface area (Å²) in [7, 11) is 0. The van der Waals surface area contributed by atoms with Gasteiger partial charge in [0.2, 0.25) is 5.76 Å². The van der Waals surface area contributed by atoms with Gasteiger partial charge in [0.15, 0.2) is 5.89 Å². The molecule has 1 aromatic carbocycles. The van der Waals surface area contributed by atoms with Crippen LogP contribution in [0.1, 0.15) is 53.9 Å². The van der Waals surface area contributed by atoms with Crippen LogP contribution < -0.4 is 4.90 Å². The first-order valence-electron chi connectivity index (χ1n) is 7.45. The Hall–Kier alpha value is -2.10. The second kappa shape index (κ2) is 5.35. The molecule has 21 heavy (non-hydrogen) atoms. The Kier molecular flexibility index (Phi) is 3.53. The molecule has 1 aliphatic rings. The first kappa shape index (κ1) is 13.9. The molecule has 1 amide bonds. The van der Waals surface area contributed by atoms with Gasteiger partial charge in [0.1, 0.15) is 0 Å². The van der Waals surface area contributed by atoms with Gasteiger partial charge in [-0.15, -0.1) is 0 Å². The molecule has 2 aromatic rings. The van der Waals surface area contributed by atoms with Crippen molar-refractivity contribution in [2.24, 2.45) is 0 Å². The fraction of sp³-hybridized carbons (Fsp3) is 0.412. The lowest BCUT2D eigenvalue weighted by atomic mass is 10.0. The molecule has 4 nitrogen and oxygen atoms in total. The van der Waals surface area contributed by atoms with E-state index in [0.717, 1.165) is 30.8 Å². The van der Waals surface area contributed by atoms with E-state index in [4.69, 9.17) is 4.42 Å². The molecule has 0 unspecified atom stereocenters. The Morgan fingerprint density at radius 2 is 2.10 bits per heavy atom. The van der Waals surface area contributed by atoms with Crippen LogP contribution in [0, 0.1) is 6.92 Å². The molecular formula is C17H20N2O2. The van der Waals surface area contributed by atoms with E-state index in [1.165, 1.54) is 5.56 Å². The van der Waals surface area contributed by atoms with E-state index >= 15 is 0 Å². The van der Waals surface area contributed by atoms with E-state index in [-0.39, 0.29) is 11.8 Å². The predicted octanol–water partition coefficient (Wildman–Crippen LogP) is 3.70. The largest absolute Gasteiger partial charge is 0.436 e. The molecule has 110 valence electrons. The van der Waals surface area contributed by atoms with Crippen LogP contribution in [0.15, 0.2) is 28.7 Å². The molecule has 0 N–H and O–H groups in total. The Bertz CT molecular complexity index is 673. The molecule has 0 radical (unpaired) electrons. The SMILES string of the molecule is Cc1nc(C(C)C)c(C(=O)N2CCCc3ccccc32)o1. The third-order valence-corrected chi connectivity index (χ3v) is 3.86. The quantitative estimate of drug-likeness (QED) is 0.844. The molecule has 0 atom stereocenters. The smallest absolute Gasteiger partial charge is 0.296 e. The van der Waals surface area contributed by atoms with E-state index in [1.54, 1.807) is 6.92 Å². The summed E-state index contributed by atoms with van der Waals surface area (Å²) in [4.78, 5) is 19.1. The molecule has 0 spiro atoms. The van der Waals surface area contributed by atoms with Crippen molar-refractivity contribution in [3.63, 3.8) is 0 Å². The van der Waals surface area contributed by atoms with Gasteiger partial charge < -0.3 is 9.32 Å². The molecule has 0 fully saturated rings. The molecule has 0 saturated carbocycles. The number of para-hydroxylation sites is 1. The van der Waals surface area contributed by atoms with Crippen molar-refractivity contribution in [1.82, 2.24) is 4.98 Å². The number of hydrogen-bond acceptors (Lipinski definition) is 3. The van der Waals surface area contributed by atoms with Gasteiger partial charge in [-0.25, -0.2) is 4.98 Å². The van der Waals surface area contributed by atoms with Crippen LogP contribution in [0.25, 0.3) is 0 Å². The van der Waals surface area contributed by atoms with Crippen LogP contribution in [-0.4, -0.2) is 17.4 Å². The maximum atomic E-state index is 12.9. The average Bonchev–Trinajstić information content (AvgIpc) is 2.88. The van der Waals surface area contributed by atoms with Crippen LogP contribution in [0.4, 0.5) is 5.69 Å². The number of aryl methyl sites for hydroxylation is 2. The summed E-state index contributed by atoms with van der Waals surface area (Å²) in [5, 5.41) is 0. The monoisotopic (exact) mass is 284 g/mol. The van der Waals surface area contributed by atoms with E-state index in [0.29, 0.717) is 11.7 Å². The van der Waals surface area contributed by atoms with E-state index in [2.05, 4.69) is 11.1 Å². The lowest BCUT2D eigenvalue weighted by molar-refractivity contribution is 0.0955. The number of benzene rings is 1. The van der Waals surface area contributed by atoms with Crippen molar-refractivity contribution in [1.29, 1.82) is 0 Å². The van der Waals surface area contributed by atoms with Crippen molar-refractivity contribution in [2.45, 2.75) is 39.5 Å². The van der Waals surface area contributed by atoms with Crippen LogP contribution in [0.3, 0.4) is 0 Å². The molecule has 2 heterocycles. The highest BCUT2D eigenvalue weighted by molar-refractivity contribution is 6.05. The molecule has 0 bridgehead atoms. The van der Waals surface area contributed by atoms with E-state index in [9.17, 15) is 4.79 Å². The molecule has 3 rings (SSSR count). The zero-order valence-corrected chi connectivity index (χ0v) is 12.7. The third kappa shape index (κ3) is 2.46. The molecular weight excluding hydrogens is 264 g/mol. The van der Waals surface area contributed by atoms with Crippen molar-refractivity contribution in [2.75, 3.05) is 11.4 Å². The van der Waals surface area contributed by atoms with Crippen LogP contribution in [0.5, 0.6) is 0 Å². The first-order chi connectivity index (χ1) is 10.1. The van der Waals surface area contributed by atoms with Gasteiger partial charge in [-0.05, 0) is 30.4 Å². The fourth-order valence-electron chi connectivity index (χ4n) is 2.85. The predicted molar refractivity (Wildman–Crippen MR) is 81.8 cm³/mol. The highest BCUT2D eigenvalue weighted by Gasteiger charge is 2.29. The van der Waals surface area contributed by atoms with Gasteiger partial charge in [-0.2, -0.15) is 0 Å². The van der Waals surface area contributed by atoms with Crippen molar-refractivity contribution >= 4 is 11.6 Å². The van der Waals surface area contributed by atoms with Crippen molar-refractivity contribution < 1.29 is 9.21 Å². The van der Waals surface area contributed by atoms with Gasteiger partial charge in [0.25, 0.3) is 5.91 Å². The maximum absolute atomic E-state index is 12.9. The van der Waals surface area contributed by atoms with Gasteiger partial charge in [-0.3, -0.25) is 4.79 Å². The summed E-state index contributed by atoms with van der Waals surface area (Å²) in [5.74, 6) is 1.03. The Balaban J connectivity index is 2.01. The zero-order valence-electron chi connectivity index (χ0n) is 12.7. The van der Waals surface area contributed by atoms with Gasteiger partial charge in [0, 0.05) is 19.2 Å². The minimum absolute atomic E-state index is 0.0774. The van der Waals surface area contributed by atoms with Crippen LogP contribution in [-0.2, 0) is 6.42 Å². The van der Waals surface area contributed by atoms with Gasteiger partial charge >= 0.3 is 0 Å². The molecule has 1 aromatic heterocycles. The number of aromatic nitrogens is 1. The second-order valence-corrected chi connectivity index (χ2v) is 5.79. The minimum Gasteiger partial charge on any atom is -0.436 e. The summed E-state index contributed by atoms with van der Waals surface area (Å²) in [6.45, 7) is 6.57. The Labute approximate surface area is 124 Å². The van der Waals surface area contributed by atoms with E-state index < -0.39 is 0 Å². The number of carbonyl (C=O) groups is 1. The minimum atomic E-state index is -0.0774. The normalized spacial score (nSPS) is 14.4. The lowest BCUT2D eigenvalue weighted by Crippen LogP contribution is -2.35. The maximum Gasteiger partial charge on any atom is 0.296 e. The highest BCUT2D eigenvalue weighted by atomic mass is 16.4. The lowest BCUT2D eigenvalue weighted by Gasteiger charge is -2.29. The molecule has 0 saturated heterocycles. The van der Waals surface area contributed by atoms with E-state index in [1.807, 2.05) is 36.9 Å². The average molecular weight is 284 g/mol. The molecule has 4 heteroatoms. The van der Waals surface area contributed by atoms with Crippen LogP contribution >= 0.6 is 0 Å². The Morgan fingerprint density at radius 1 is 1.33 bits per heavy atom. The molecule has 1 aliphatic heterocycles. The third-order valence-electron chi connectivity index (χ3n) is 3.86. The summed E-state index contributed by atoms with van der Waals surface area (Å²) in [5.41, 5.74) is 2.97. The highest BCUT2D eigenvalue weighted by Crippen LogP contribution is 2.30. The number of anilines is 1. The standard InChI is InChI=1S/C17H20N2O2/c1-11(2)15-16(21-12(3)18-15)17(20)19-10-6-8-13-7-4-5-9-14(13)19/h4-5,7,9,11H,6,8,10H2,1-3H3. The summed E-state index contributed by atoms with van der Waals surface area (Å²) >= 11 is 0. The number of carbonyl (C=O) groups excluding carboxylic acids is 1. The fourth-order valence-corrected chi connectivity index (χ4v) is 2.85. The number of oxazole rings is 1. The first-order valence-corrected chi connectivity index (χ1v) is 7.45. The summed E-state index contributed by atoms with van der Waals surface area (Å²) < 4.78 is 5.60. The number of fused-ring (bicyclic) bond motifs is 1. The van der Waals surface area contributed by atoms with Crippen molar-refractivity contribution in [3.05, 3.63) is 47.2 Å². The summed E-state index contributed by atoms with van der Waals surface area (Å²) in [6.07, 6.45) is 2.00. The topological polar surface area (TPSA) is 46.3 Å². The van der Waals surface area contributed by atoms with Crippen LogP contribution in [0.2, 0.25) is 0 Å². The van der Waals surface area contributed by atoms with Crippen molar-refractivity contribution in [3.8, 4) is 0 Å². The van der Waals surface area contributed by atoms with Gasteiger partial charge in [-0.1, -0.05) is 32.0 Å².